The van der Waals surface area contributed by atoms with E-state index in [0.29, 0.717) is 51.4 Å². The predicted octanol–water partition coefficient (Wildman–Crippen LogP) is 4.19. The fourth-order valence-corrected chi connectivity index (χ4v) is 4.23. The number of anilines is 2. The zero-order chi connectivity index (χ0) is 26.8. The van der Waals surface area contributed by atoms with E-state index in [1.807, 2.05) is 0 Å². The molecule has 0 aliphatic carbocycles. The average Bonchev–Trinajstić information content (AvgIpc) is 3.36. The van der Waals surface area contributed by atoms with Crippen LogP contribution in [0.3, 0.4) is 0 Å². The monoisotopic (exact) mass is 513 g/mol. The van der Waals surface area contributed by atoms with Gasteiger partial charge in [0.15, 0.2) is 5.82 Å². The van der Waals surface area contributed by atoms with Crippen LogP contribution >= 0.6 is 0 Å². The number of aromatic nitrogens is 4. The molecule has 1 aliphatic heterocycles. The molecule has 1 unspecified atom stereocenters. The molecule has 0 bridgehead atoms. The van der Waals surface area contributed by atoms with Crippen molar-refractivity contribution in [3.63, 3.8) is 0 Å². The number of nitrogens with zero attached hydrogens (tertiary/aromatic N) is 5. The van der Waals surface area contributed by atoms with Crippen molar-refractivity contribution in [1.82, 2.24) is 19.7 Å². The number of amides is 1. The van der Waals surface area contributed by atoms with E-state index in [2.05, 4.69) is 20.6 Å². The van der Waals surface area contributed by atoms with Gasteiger partial charge in [-0.1, -0.05) is 0 Å². The summed E-state index contributed by atoms with van der Waals surface area (Å²) in [7, 11) is 3.10. The second-order valence-corrected chi connectivity index (χ2v) is 8.42. The predicted molar refractivity (Wildman–Crippen MR) is 139 cm³/mol. The normalized spacial score (nSPS) is 14.3. The van der Waals surface area contributed by atoms with Crippen LogP contribution in [0, 0.1) is 10.1 Å². The third kappa shape index (κ3) is 4.62. The van der Waals surface area contributed by atoms with Gasteiger partial charge in [-0.15, -0.1) is 5.10 Å². The van der Waals surface area contributed by atoms with Gasteiger partial charge in [-0.05, 0) is 48.9 Å². The number of fused-ring (bicyclic) bond motifs is 1. The minimum absolute atomic E-state index is 0.0623. The fourth-order valence-electron chi connectivity index (χ4n) is 4.23. The van der Waals surface area contributed by atoms with Gasteiger partial charge in [0.2, 0.25) is 5.95 Å². The van der Waals surface area contributed by atoms with Crippen molar-refractivity contribution in [1.29, 1.82) is 0 Å². The van der Waals surface area contributed by atoms with E-state index in [1.54, 1.807) is 80.7 Å². The smallest absolute Gasteiger partial charge is 0.269 e. The highest BCUT2D eigenvalue weighted by Crippen LogP contribution is 2.38. The molecule has 0 saturated heterocycles. The molecule has 0 spiro atoms. The lowest BCUT2D eigenvalue weighted by Gasteiger charge is -2.28. The number of methoxy groups -OCH3 is 2. The number of pyridine rings is 1. The first-order valence-electron chi connectivity index (χ1n) is 11.5. The zero-order valence-electron chi connectivity index (χ0n) is 20.7. The van der Waals surface area contributed by atoms with E-state index < -0.39 is 11.0 Å². The molecule has 1 amide bonds. The number of rotatable bonds is 7. The number of ether oxygens (including phenoxy) is 2. The Kier molecular flexibility index (Phi) is 6.44. The van der Waals surface area contributed by atoms with E-state index >= 15 is 0 Å². The highest BCUT2D eigenvalue weighted by Gasteiger charge is 2.35. The molecule has 2 N–H and O–H groups in total. The summed E-state index contributed by atoms with van der Waals surface area (Å²) in [6.45, 7) is 1.77. The van der Waals surface area contributed by atoms with Crippen LogP contribution in [0.15, 0.2) is 78.3 Å². The van der Waals surface area contributed by atoms with Crippen LogP contribution in [0.4, 0.5) is 17.3 Å². The number of hydrogen-bond acceptors (Lipinski definition) is 9. The molecule has 0 saturated carbocycles. The molecule has 0 radical (unpaired) electrons. The second-order valence-electron chi connectivity index (χ2n) is 8.42. The van der Waals surface area contributed by atoms with Crippen LogP contribution in [0.25, 0.3) is 11.4 Å². The molecule has 12 nitrogen and oxygen atoms in total. The van der Waals surface area contributed by atoms with Crippen molar-refractivity contribution < 1.29 is 19.2 Å². The number of benzene rings is 2. The van der Waals surface area contributed by atoms with Gasteiger partial charge in [0.05, 0.1) is 36.6 Å². The molecule has 3 heterocycles. The lowest BCUT2D eigenvalue weighted by atomic mass is 9.95. The number of nitro groups is 1. The van der Waals surface area contributed by atoms with Gasteiger partial charge in [0.25, 0.3) is 11.6 Å². The quantitative estimate of drug-likeness (QED) is 0.274. The average molecular weight is 514 g/mol. The van der Waals surface area contributed by atoms with Crippen LogP contribution in [0.5, 0.6) is 11.5 Å². The van der Waals surface area contributed by atoms with Crippen LogP contribution in [-0.4, -0.2) is 44.8 Å². The van der Waals surface area contributed by atoms with Gasteiger partial charge in [-0.25, -0.2) is 4.68 Å². The number of carbonyl (C=O) groups excluding carboxylic acids is 1. The molecule has 1 aliphatic rings. The molecule has 1 atom stereocenters. The largest absolute Gasteiger partial charge is 0.497 e. The van der Waals surface area contributed by atoms with Gasteiger partial charge < -0.3 is 20.1 Å². The van der Waals surface area contributed by atoms with E-state index in [1.165, 1.54) is 12.1 Å². The first-order valence-corrected chi connectivity index (χ1v) is 11.5. The number of non-ortho nitro benzene ring substituents is 1. The van der Waals surface area contributed by atoms with Crippen molar-refractivity contribution in [2.45, 2.75) is 13.0 Å². The topological polar surface area (TPSA) is 146 Å². The molecule has 0 fully saturated rings. The summed E-state index contributed by atoms with van der Waals surface area (Å²) in [5.41, 5.74) is 2.65. The molecule has 2 aromatic carbocycles. The van der Waals surface area contributed by atoms with Crippen molar-refractivity contribution >= 4 is 23.2 Å². The molecule has 5 rings (SSSR count). The first kappa shape index (κ1) is 24.4. The molecular weight excluding hydrogens is 490 g/mol. The lowest BCUT2D eigenvalue weighted by Crippen LogP contribution is -2.31. The van der Waals surface area contributed by atoms with E-state index in [9.17, 15) is 14.9 Å². The van der Waals surface area contributed by atoms with Gasteiger partial charge in [-0.3, -0.25) is 19.9 Å². The van der Waals surface area contributed by atoms with Crippen molar-refractivity contribution in [3.8, 4) is 22.9 Å². The number of allylic oxidation sites excluding steroid dienone is 1. The van der Waals surface area contributed by atoms with Crippen molar-refractivity contribution in [2.75, 3.05) is 24.9 Å². The zero-order valence-corrected chi connectivity index (χ0v) is 20.7. The Morgan fingerprint density at radius 2 is 1.82 bits per heavy atom. The maximum absolute atomic E-state index is 13.6. The standard InChI is InChI=1S/C26H23N7O5/c1-15-22(25(34)29-18-5-4-10-27-14-18)23(16-6-8-19(9-7-16)33(35)36)32-26(28-15)30-24(31-32)17-11-20(37-2)13-21(12-17)38-3/h4-14,23H,1-3H3,(H,29,34)(H,28,30,31). The van der Waals surface area contributed by atoms with Gasteiger partial charge in [-0.2, -0.15) is 4.98 Å². The lowest BCUT2D eigenvalue weighted by molar-refractivity contribution is -0.384. The number of hydrogen-bond donors (Lipinski definition) is 2. The fraction of sp³-hybridized carbons (Fsp3) is 0.154. The summed E-state index contributed by atoms with van der Waals surface area (Å²) in [5, 5.41) is 22.0. The maximum atomic E-state index is 13.6. The summed E-state index contributed by atoms with van der Waals surface area (Å²) >= 11 is 0. The van der Waals surface area contributed by atoms with Crippen LogP contribution in [0.2, 0.25) is 0 Å². The third-order valence-electron chi connectivity index (χ3n) is 6.05. The van der Waals surface area contributed by atoms with E-state index in [4.69, 9.17) is 14.6 Å². The molecular formula is C26H23N7O5. The summed E-state index contributed by atoms with van der Waals surface area (Å²) in [5.74, 6) is 1.53. The van der Waals surface area contributed by atoms with Crippen LogP contribution < -0.4 is 20.1 Å². The summed E-state index contributed by atoms with van der Waals surface area (Å²) in [6, 6.07) is 14.0. The molecule has 4 aromatic rings. The highest BCUT2D eigenvalue weighted by atomic mass is 16.6. The Morgan fingerprint density at radius 3 is 2.42 bits per heavy atom. The molecule has 12 heteroatoms. The Morgan fingerprint density at radius 1 is 1.11 bits per heavy atom. The Hall–Kier alpha value is -5.26. The minimum atomic E-state index is -0.725. The molecule has 38 heavy (non-hydrogen) atoms. The van der Waals surface area contributed by atoms with Gasteiger partial charge >= 0.3 is 0 Å². The Labute approximate surface area is 217 Å². The van der Waals surface area contributed by atoms with Gasteiger partial charge in [0.1, 0.15) is 17.5 Å². The number of nitro benzene ring substituents is 1. The van der Waals surface area contributed by atoms with Crippen molar-refractivity contribution in [2.24, 2.45) is 0 Å². The summed E-state index contributed by atoms with van der Waals surface area (Å²) in [6.07, 6.45) is 3.15. The highest BCUT2D eigenvalue weighted by molar-refractivity contribution is 6.06. The SMILES string of the molecule is COc1cc(OC)cc(-c2nc3n(n2)C(c2ccc([N+](=O)[O-])cc2)C(C(=O)Nc2cccnc2)=C(C)N3)c1. The third-order valence-corrected chi connectivity index (χ3v) is 6.05. The van der Waals surface area contributed by atoms with Gasteiger partial charge in [0, 0.05) is 35.7 Å². The summed E-state index contributed by atoms with van der Waals surface area (Å²) in [4.78, 5) is 33.0. The molecule has 2 aromatic heterocycles. The maximum Gasteiger partial charge on any atom is 0.269 e. The van der Waals surface area contributed by atoms with Crippen LogP contribution in [-0.2, 0) is 4.79 Å². The van der Waals surface area contributed by atoms with Crippen LogP contribution in [0.1, 0.15) is 18.5 Å². The Balaban J connectivity index is 1.62. The minimum Gasteiger partial charge on any atom is -0.497 e. The second kappa shape index (κ2) is 10.0. The summed E-state index contributed by atoms with van der Waals surface area (Å²) < 4.78 is 12.4. The van der Waals surface area contributed by atoms with Crippen molar-refractivity contribution in [3.05, 3.63) is 93.9 Å². The first-order chi connectivity index (χ1) is 18.4. The Bertz CT molecular complexity index is 1530. The van der Waals surface area contributed by atoms with E-state index in [-0.39, 0.29) is 11.6 Å². The number of nitrogens with one attached hydrogen (secondary N) is 2. The van der Waals surface area contributed by atoms with E-state index in [0.717, 1.165) is 0 Å². The number of carbonyl (C=O) groups is 1. The molecule has 192 valence electrons.